The first-order valence-corrected chi connectivity index (χ1v) is 7.55. The fourth-order valence-corrected chi connectivity index (χ4v) is 3.15. The molecular formula is C13H16ClN5O4. The average Bonchev–Trinajstić information content (AvgIpc) is 2.84. The van der Waals surface area contributed by atoms with Crippen LogP contribution in [0.25, 0.3) is 11.2 Å². The van der Waals surface area contributed by atoms with Crippen molar-refractivity contribution in [1.82, 2.24) is 19.5 Å². The molecule has 0 saturated heterocycles. The largest absolute Gasteiger partial charge is 0.508 e. The van der Waals surface area contributed by atoms with Crippen molar-refractivity contribution in [1.29, 1.82) is 0 Å². The molecule has 23 heavy (non-hydrogen) atoms. The molecule has 1 aliphatic rings. The van der Waals surface area contributed by atoms with Crippen molar-refractivity contribution in [3.05, 3.63) is 15.6 Å². The Hall–Kier alpha value is -2.29. The summed E-state index contributed by atoms with van der Waals surface area (Å²) in [7, 11) is 1.27. The van der Waals surface area contributed by atoms with Gasteiger partial charge in [0.25, 0.3) is 0 Å². The zero-order valence-electron chi connectivity index (χ0n) is 12.4. The number of nitrogen functional groups attached to an aromatic ring is 1. The molecule has 1 aliphatic carbocycles. The number of carbonyl (C=O) groups excluding carboxylic acids is 1. The monoisotopic (exact) mass is 341 g/mol. The molecule has 1 saturated carbocycles. The zero-order chi connectivity index (χ0) is 16.6. The third kappa shape index (κ3) is 2.96. The zero-order valence-corrected chi connectivity index (χ0v) is 13.2. The van der Waals surface area contributed by atoms with Crippen LogP contribution in [0.1, 0.15) is 31.7 Å². The number of hydrogen-bond acceptors (Lipinski definition) is 7. The average molecular weight is 342 g/mol. The molecule has 0 aromatic carbocycles. The van der Waals surface area contributed by atoms with Crippen LogP contribution in [0.15, 0.2) is 4.79 Å². The SMILES string of the molecule is COC(=O)OC1CCC(n2c(=O)[nH]c3c(Cl)nc(N)nc32)CC1. The third-order valence-corrected chi connectivity index (χ3v) is 4.25. The van der Waals surface area contributed by atoms with Crippen molar-refractivity contribution in [3.63, 3.8) is 0 Å². The Morgan fingerprint density at radius 2 is 2.04 bits per heavy atom. The molecule has 0 spiro atoms. The smallest absolute Gasteiger partial charge is 0.438 e. The molecule has 0 aliphatic heterocycles. The Labute approximate surface area is 135 Å². The molecule has 1 fully saturated rings. The van der Waals surface area contributed by atoms with E-state index in [0.29, 0.717) is 36.8 Å². The van der Waals surface area contributed by atoms with E-state index in [0.717, 1.165) is 0 Å². The van der Waals surface area contributed by atoms with Crippen molar-refractivity contribution < 1.29 is 14.3 Å². The van der Waals surface area contributed by atoms with E-state index in [1.807, 2.05) is 0 Å². The minimum Gasteiger partial charge on any atom is -0.438 e. The highest BCUT2D eigenvalue weighted by Gasteiger charge is 2.28. The molecule has 2 aromatic heterocycles. The van der Waals surface area contributed by atoms with Crippen LogP contribution in [0.2, 0.25) is 5.15 Å². The summed E-state index contributed by atoms with van der Waals surface area (Å²) in [4.78, 5) is 34.0. The van der Waals surface area contributed by atoms with Gasteiger partial charge in [0, 0.05) is 6.04 Å². The minimum absolute atomic E-state index is 0.0120. The summed E-state index contributed by atoms with van der Waals surface area (Å²) in [6, 6.07) is -0.0703. The summed E-state index contributed by atoms with van der Waals surface area (Å²) < 4.78 is 11.2. The van der Waals surface area contributed by atoms with E-state index in [1.54, 1.807) is 4.57 Å². The number of H-pyrrole nitrogens is 1. The molecule has 3 rings (SSSR count). The molecule has 9 nitrogen and oxygen atoms in total. The lowest BCUT2D eigenvalue weighted by molar-refractivity contribution is 0.0175. The second-order valence-corrected chi connectivity index (χ2v) is 5.73. The van der Waals surface area contributed by atoms with Gasteiger partial charge in [-0.3, -0.25) is 4.57 Å². The maximum atomic E-state index is 12.2. The van der Waals surface area contributed by atoms with Crippen LogP contribution >= 0.6 is 11.6 Å². The summed E-state index contributed by atoms with van der Waals surface area (Å²) >= 11 is 6.00. The van der Waals surface area contributed by atoms with Crippen molar-refractivity contribution in [2.45, 2.75) is 37.8 Å². The molecule has 0 radical (unpaired) electrons. The Morgan fingerprint density at radius 1 is 1.35 bits per heavy atom. The number of aromatic nitrogens is 4. The number of hydrogen-bond donors (Lipinski definition) is 2. The molecule has 2 aromatic rings. The van der Waals surface area contributed by atoms with Gasteiger partial charge in [0.2, 0.25) is 5.95 Å². The van der Waals surface area contributed by atoms with Crippen LogP contribution in [0.5, 0.6) is 0 Å². The standard InChI is InChI=1S/C13H16ClN5O4/c1-22-13(21)23-7-4-2-6(3-5-7)19-10-8(16-12(19)20)9(14)17-11(15)18-10/h6-7H,2-5H2,1H3,(H,16,20)(H2,15,17,18). The van der Waals surface area contributed by atoms with Gasteiger partial charge in [-0.05, 0) is 25.7 Å². The van der Waals surface area contributed by atoms with Crippen LogP contribution < -0.4 is 11.4 Å². The number of fused-ring (bicyclic) bond motifs is 1. The number of aromatic amines is 1. The maximum absolute atomic E-state index is 12.2. The number of carbonyl (C=O) groups is 1. The van der Waals surface area contributed by atoms with Crippen molar-refractivity contribution in [2.75, 3.05) is 12.8 Å². The van der Waals surface area contributed by atoms with Crippen LogP contribution in [0, 0.1) is 0 Å². The Balaban J connectivity index is 1.84. The van der Waals surface area contributed by atoms with Crippen LogP contribution in [0.4, 0.5) is 10.7 Å². The van der Waals surface area contributed by atoms with E-state index < -0.39 is 6.16 Å². The van der Waals surface area contributed by atoms with Crippen LogP contribution in [-0.2, 0) is 9.47 Å². The van der Waals surface area contributed by atoms with E-state index >= 15 is 0 Å². The number of rotatable bonds is 2. The maximum Gasteiger partial charge on any atom is 0.508 e. The number of methoxy groups -OCH3 is 1. The second-order valence-electron chi connectivity index (χ2n) is 5.37. The van der Waals surface area contributed by atoms with Gasteiger partial charge in [-0.25, -0.2) is 9.59 Å². The highest BCUT2D eigenvalue weighted by molar-refractivity contribution is 6.33. The lowest BCUT2D eigenvalue weighted by Crippen LogP contribution is -2.30. The summed E-state index contributed by atoms with van der Waals surface area (Å²) in [5.41, 5.74) is 6.08. The first kappa shape index (κ1) is 15.6. The number of nitrogens with zero attached hydrogens (tertiary/aromatic N) is 3. The Bertz CT molecular complexity index is 793. The van der Waals surface area contributed by atoms with Gasteiger partial charge in [0.15, 0.2) is 10.8 Å². The van der Waals surface area contributed by atoms with Gasteiger partial charge in [0.1, 0.15) is 11.6 Å². The van der Waals surface area contributed by atoms with Gasteiger partial charge < -0.3 is 20.2 Å². The van der Waals surface area contributed by atoms with E-state index in [1.165, 1.54) is 7.11 Å². The predicted octanol–water partition coefficient (Wildman–Crippen LogP) is 1.62. The molecule has 0 unspecified atom stereocenters. The van der Waals surface area contributed by atoms with Gasteiger partial charge in [0.05, 0.1) is 7.11 Å². The summed E-state index contributed by atoms with van der Waals surface area (Å²) in [5, 5.41) is 0.117. The first-order valence-electron chi connectivity index (χ1n) is 7.17. The van der Waals surface area contributed by atoms with Gasteiger partial charge in [-0.15, -0.1) is 0 Å². The minimum atomic E-state index is -0.690. The molecule has 124 valence electrons. The summed E-state index contributed by atoms with van der Waals surface area (Å²) in [6.45, 7) is 0. The highest BCUT2D eigenvalue weighted by atomic mass is 35.5. The number of halogens is 1. The Morgan fingerprint density at radius 3 is 2.70 bits per heavy atom. The lowest BCUT2D eigenvalue weighted by Gasteiger charge is -2.28. The molecule has 2 heterocycles. The molecule has 10 heteroatoms. The summed E-state index contributed by atoms with van der Waals surface area (Å²) in [6.07, 6.45) is 1.69. The van der Waals surface area contributed by atoms with Crippen LogP contribution in [-0.4, -0.2) is 38.9 Å². The number of nitrogens with two attached hydrogens (primary N) is 1. The second kappa shape index (κ2) is 6.07. The van der Waals surface area contributed by atoms with Crippen molar-refractivity contribution >= 4 is 34.9 Å². The highest BCUT2D eigenvalue weighted by Crippen LogP contribution is 2.31. The normalized spacial score (nSPS) is 21.3. The van der Waals surface area contributed by atoms with Gasteiger partial charge >= 0.3 is 11.8 Å². The van der Waals surface area contributed by atoms with Crippen LogP contribution in [0.3, 0.4) is 0 Å². The van der Waals surface area contributed by atoms with E-state index in [2.05, 4.69) is 19.7 Å². The number of ether oxygens (including phenoxy) is 2. The molecule has 0 bridgehead atoms. The topological polar surface area (TPSA) is 125 Å². The predicted molar refractivity (Wildman–Crippen MR) is 82.4 cm³/mol. The fraction of sp³-hybridized carbons (Fsp3) is 0.538. The fourth-order valence-electron chi connectivity index (χ4n) is 2.93. The van der Waals surface area contributed by atoms with Crippen molar-refractivity contribution in [2.24, 2.45) is 0 Å². The number of imidazole rings is 1. The molecule has 0 amide bonds. The quantitative estimate of drug-likeness (QED) is 0.628. The van der Waals surface area contributed by atoms with E-state index in [9.17, 15) is 9.59 Å². The van der Waals surface area contributed by atoms with E-state index in [-0.39, 0.29) is 28.9 Å². The van der Waals surface area contributed by atoms with Crippen molar-refractivity contribution in [3.8, 4) is 0 Å². The van der Waals surface area contributed by atoms with Gasteiger partial charge in [-0.2, -0.15) is 9.97 Å². The van der Waals surface area contributed by atoms with Gasteiger partial charge in [-0.1, -0.05) is 11.6 Å². The molecule has 0 atom stereocenters. The first-order chi connectivity index (χ1) is 11.0. The number of nitrogens with one attached hydrogen (secondary N) is 1. The molecule has 3 N–H and O–H groups in total. The molecular weight excluding hydrogens is 326 g/mol. The summed E-state index contributed by atoms with van der Waals surface area (Å²) in [5.74, 6) is 0.0120. The Kier molecular flexibility index (Phi) is 4.12. The van der Waals surface area contributed by atoms with E-state index in [4.69, 9.17) is 22.1 Å². The number of anilines is 1. The third-order valence-electron chi connectivity index (χ3n) is 3.98. The lowest BCUT2D eigenvalue weighted by atomic mass is 9.93.